The molecule has 96 valence electrons. The molecule has 19 heavy (non-hydrogen) atoms. The third kappa shape index (κ3) is 3.15. The van der Waals surface area contributed by atoms with Crippen molar-refractivity contribution in [1.82, 2.24) is 4.98 Å². The Morgan fingerprint density at radius 3 is 2.68 bits per heavy atom. The van der Waals surface area contributed by atoms with Crippen LogP contribution in [0.25, 0.3) is 10.6 Å². The summed E-state index contributed by atoms with van der Waals surface area (Å²) in [6.45, 7) is 0.494. The molecule has 0 saturated heterocycles. The average Bonchev–Trinajstić information content (AvgIpc) is 3.06. The summed E-state index contributed by atoms with van der Waals surface area (Å²) in [6.07, 6.45) is 0. The van der Waals surface area contributed by atoms with Crippen molar-refractivity contribution in [2.45, 2.75) is 6.61 Å². The highest BCUT2D eigenvalue weighted by atomic mass is 35.5. The van der Waals surface area contributed by atoms with E-state index in [4.69, 9.17) is 16.3 Å². The molecule has 3 aromatic rings. The molecule has 3 rings (SSSR count). The normalized spacial score (nSPS) is 10.6. The second-order valence-corrected chi connectivity index (χ2v) is 6.49. The van der Waals surface area contributed by atoms with Gasteiger partial charge < -0.3 is 4.74 Å². The van der Waals surface area contributed by atoms with Gasteiger partial charge >= 0.3 is 0 Å². The van der Waals surface area contributed by atoms with E-state index in [0.29, 0.717) is 6.61 Å². The van der Waals surface area contributed by atoms with Crippen molar-refractivity contribution in [1.29, 1.82) is 0 Å². The van der Waals surface area contributed by atoms with Crippen LogP contribution in [0.15, 0.2) is 47.8 Å². The summed E-state index contributed by atoms with van der Waals surface area (Å²) >= 11 is 9.07. The van der Waals surface area contributed by atoms with Crippen molar-refractivity contribution in [3.63, 3.8) is 0 Å². The molecule has 2 nitrogen and oxygen atoms in total. The fourth-order valence-corrected chi connectivity index (χ4v) is 3.39. The zero-order valence-corrected chi connectivity index (χ0v) is 12.3. The van der Waals surface area contributed by atoms with E-state index in [2.05, 4.69) is 4.98 Å². The lowest BCUT2D eigenvalue weighted by molar-refractivity contribution is 0.305. The molecule has 0 aliphatic rings. The summed E-state index contributed by atoms with van der Waals surface area (Å²) in [4.78, 5) is 5.64. The lowest BCUT2D eigenvalue weighted by Gasteiger charge is -2.02. The van der Waals surface area contributed by atoms with Gasteiger partial charge in [0.05, 0.1) is 14.9 Å². The summed E-state index contributed by atoms with van der Waals surface area (Å²) < 4.78 is 6.45. The maximum Gasteiger partial charge on any atom is 0.140 e. The van der Waals surface area contributed by atoms with Crippen LogP contribution < -0.4 is 4.74 Å². The van der Waals surface area contributed by atoms with E-state index < -0.39 is 0 Å². The molecule has 0 radical (unpaired) electrons. The smallest absolute Gasteiger partial charge is 0.140 e. The topological polar surface area (TPSA) is 22.1 Å². The van der Waals surface area contributed by atoms with Crippen LogP contribution in [0.4, 0.5) is 0 Å². The van der Waals surface area contributed by atoms with Crippen LogP contribution in [-0.2, 0) is 6.61 Å². The Bertz CT molecular complexity index is 663. The summed E-state index contributed by atoms with van der Waals surface area (Å²) in [5.74, 6) is 0.860. The Hall–Kier alpha value is -1.36. The number of nitrogens with zero attached hydrogens (tertiary/aromatic N) is 1. The van der Waals surface area contributed by atoms with Crippen LogP contribution in [0.1, 0.15) is 5.01 Å². The predicted octanol–water partition coefficient (Wildman–Crippen LogP) is 5.10. The third-order valence-electron chi connectivity index (χ3n) is 2.48. The maximum atomic E-state index is 5.93. The van der Waals surface area contributed by atoms with Gasteiger partial charge in [0.2, 0.25) is 0 Å². The molecule has 0 amide bonds. The quantitative estimate of drug-likeness (QED) is 0.668. The second kappa shape index (κ2) is 5.74. The molecule has 0 aliphatic heterocycles. The molecule has 0 atom stereocenters. The van der Waals surface area contributed by atoms with Crippen LogP contribution in [0.2, 0.25) is 4.34 Å². The molecule has 2 heterocycles. The number of hydrogen-bond donors (Lipinski definition) is 0. The number of thiazole rings is 1. The minimum atomic E-state index is 0.494. The number of aromatic nitrogens is 1. The standard InChI is InChI=1S/C14H10ClNOS2/c15-13-7-6-12(19-13)11-9-18-14(16-11)8-17-10-4-2-1-3-5-10/h1-7,9H,8H2. The summed E-state index contributed by atoms with van der Waals surface area (Å²) in [7, 11) is 0. The number of halogens is 1. The fraction of sp³-hybridized carbons (Fsp3) is 0.0714. The predicted molar refractivity (Wildman–Crippen MR) is 81.2 cm³/mol. The number of thiophene rings is 1. The molecule has 1 aromatic carbocycles. The van der Waals surface area contributed by atoms with Crippen LogP contribution >= 0.6 is 34.3 Å². The monoisotopic (exact) mass is 307 g/mol. The molecule has 0 aliphatic carbocycles. The first kappa shape index (κ1) is 12.7. The minimum absolute atomic E-state index is 0.494. The van der Waals surface area contributed by atoms with E-state index in [1.54, 1.807) is 11.3 Å². The Morgan fingerprint density at radius 1 is 1.11 bits per heavy atom. The van der Waals surface area contributed by atoms with E-state index >= 15 is 0 Å². The highest BCUT2D eigenvalue weighted by Crippen LogP contribution is 2.31. The zero-order valence-electron chi connectivity index (χ0n) is 9.88. The van der Waals surface area contributed by atoms with Gasteiger partial charge in [0.15, 0.2) is 0 Å². The van der Waals surface area contributed by atoms with Crippen molar-refractivity contribution in [3.05, 3.63) is 57.2 Å². The van der Waals surface area contributed by atoms with Gasteiger partial charge in [-0.3, -0.25) is 0 Å². The fourth-order valence-electron chi connectivity index (χ4n) is 1.60. The number of rotatable bonds is 4. The second-order valence-electron chi connectivity index (χ2n) is 3.83. The van der Waals surface area contributed by atoms with Crippen LogP contribution in [0.3, 0.4) is 0 Å². The molecular formula is C14H10ClNOS2. The van der Waals surface area contributed by atoms with Gasteiger partial charge in [-0.15, -0.1) is 22.7 Å². The summed E-state index contributed by atoms with van der Waals surface area (Å²) in [5, 5.41) is 3.00. The van der Waals surface area contributed by atoms with Crippen LogP contribution in [-0.4, -0.2) is 4.98 Å². The first-order chi connectivity index (χ1) is 9.31. The third-order valence-corrected chi connectivity index (χ3v) is 4.56. The molecule has 0 spiro atoms. The molecule has 0 bridgehead atoms. The van der Waals surface area contributed by atoms with E-state index in [-0.39, 0.29) is 0 Å². The molecule has 0 N–H and O–H groups in total. The van der Waals surface area contributed by atoms with Crippen molar-refractivity contribution < 1.29 is 4.74 Å². The maximum absolute atomic E-state index is 5.93. The van der Waals surface area contributed by atoms with E-state index in [1.165, 1.54) is 11.3 Å². The van der Waals surface area contributed by atoms with Gasteiger partial charge in [0, 0.05) is 5.38 Å². The molecule has 0 saturated carbocycles. The van der Waals surface area contributed by atoms with Gasteiger partial charge in [-0.1, -0.05) is 29.8 Å². The number of benzene rings is 1. The molecule has 5 heteroatoms. The number of ether oxygens (including phenoxy) is 1. The van der Waals surface area contributed by atoms with Gasteiger partial charge in [-0.05, 0) is 24.3 Å². The Morgan fingerprint density at radius 2 is 1.95 bits per heavy atom. The van der Waals surface area contributed by atoms with Gasteiger partial charge in [0.1, 0.15) is 17.4 Å². The largest absolute Gasteiger partial charge is 0.486 e. The zero-order chi connectivity index (χ0) is 13.1. The van der Waals surface area contributed by atoms with Crippen molar-refractivity contribution >= 4 is 34.3 Å². The molecule has 0 fully saturated rings. The average molecular weight is 308 g/mol. The first-order valence-electron chi connectivity index (χ1n) is 5.69. The van der Waals surface area contributed by atoms with Crippen LogP contribution in [0.5, 0.6) is 5.75 Å². The van der Waals surface area contributed by atoms with E-state index in [1.807, 2.05) is 47.8 Å². The molecular weight excluding hydrogens is 298 g/mol. The Kier molecular flexibility index (Phi) is 3.82. The lowest BCUT2D eigenvalue weighted by atomic mass is 10.3. The van der Waals surface area contributed by atoms with Crippen molar-refractivity contribution in [3.8, 4) is 16.3 Å². The highest BCUT2D eigenvalue weighted by molar-refractivity contribution is 7.19. The van der Waals surface area contributed by atoms with E-state index in [0.717, 1.165) is 25.7 Å². The number of hydrogen-bond acceptors (Lipinski definition) is 4. The van der Waals surface area contributed by atoms with Crippen molar-refractivity contribution in [2.75, 3.05) is 0 Å². The SMILES string of the molecule is Clc1ccc(-c2csc(COc3ccccc3)n2)s1. The molecule has 0 unspecified atom stereocenters. The van der Waals surface area contributed by atoms with Gasteiger partial charge in [-0.25, -0.2) is 4.98 Å². The number of para-hydroxylation sites is 1. The first-order valence-corrected chi connectivity index (χ1v) is 7.76. The van der Waals surface area contributed by atoms with Gasteiger partial charge in [-0.2, -0.15) is 0 Å². The Balaban J connectivity index is 1.68. The highest BCUT2D eigenvalue weighted by Gasteiger charge is 2.07. The van der Waals surface area contributed by atoms with Gasteiger partial charge in [0.25, 0.3) is 0 Å². The van der Waals surface area contributed by atoms with E-state index in [9.17, 15) is 0 Å². The minimum Gasteiger partial charge on any atom is -0.486 e. The molecule has 2 aromatic heterocycles. The summed E-state index contributed by atoms with van der Waals surface area (Å²) in [5.41, 5.74) is 0.966. The summed E-state index contributed by atoms with van der Waals surface area (Å²) in [6, 6.07) is 13.6. The van der Waals surface area contributed by atoms with Crippen LogP contribution in [0, 0.1) is 0 Å². The Labute approximate surface area is 124 Å². The van der Waals surface area contributed by atoms with Crippen molar-refractivity contribution in [2.24, 2.45) is 0 Å². The lowest BCUT2D eigenvalue weighted by Crippen LogP contribution is -1.94.